The Morgan fingerprint density at radius 1 is 1.36 bits per heavy atom. The minimum Gasteiger partial charge on any atom is -0.329 e. The second-order valence-electron chi connectivity index (χ2n) is 4.49. The summed E-state index contributed by atoms with van der Waals surface area (Å²) in [6.45, 7) is 0.0301. The van der Waals surface area contributed by atoms with E-state index in [-0.39, 0.29) is 24.9 Å². The van der Waals surface area contributed by atoms with E-state index in [2.05, 4.69) is 20.8 Å². The minimum absolute atomic E-state index is 0.0159. The molecule has 22 heavy (non-hydrogen) atoms. The zero-order chi connectivity index (χ0) is 15.5. The standard InChI is InChI=1S/C13H11N5O3S/c19-10-5-14-13(21)18(10)6-8-3-1-2-4-9(8)11(20)16-12-17-15-7-22-12/h1-4,7H,5-6H2,(H,14,21)(H,16,17,20). The first-order valence-corrected chi connectivity index (χ1v) is 7.27. The smallest absolute Gasteiger partial charge is 0.324 e. The average Bonchev–Trinajstić information content (AvgIpc) is 3.13. The van der Waals surface area contributed by atoms with Crippen molar-refractivity contribution in [2.45, 2.75) is 6.54 Å². The summed E-state index contributed by atoms with van der Waals surface area (Å²) in [4.78, 5) is 36.6. The lowest BCUT2D eigenvalue weighted by atomic mass is 10.1. The topological polar surface area (TPSA) is 104 Å². The summed E-state index contributed by atoms with van der Waals surface area (Å²) in [6, 6.07) is 6.34. The van der Waals surface area contributed by atoms with Gasteiger partial charge in [-0.15, -0.1) is 10.2 Å². The second kappa shape index (κ2) is 5.90. The SMILES string of the molecule is O=C(Nc1nncs1)c1ccccc1CN1C(=O)CNC1=O. The first-order valence-electron chi connectivity index (χ1n) is 6.39. The molecular weight excluding hydrogens is 306 g/mol. The molecule has 0 unspecified atom stereocenters. The average molecular weight is 317 g/mol. The third-order valence-corrected chi connectivity index (χ3v) is 3.71. The monoisotopic (exact) mass is 317 g/mol. The number of amides is 4. The number of nitrogens with zero attached hydrogens (tertiary/aromatic N) is 3. The van der Waals surface area contributed by atoms with Crippen molar-refractivity contribution in [3.05, 3.63) is 40.9 Å². The first-order chi connectivity index (χ1) is 10.6. The zero-order valence-electron chi connectivity index (χ0n) is 11.3. The van der Waals surface area contributed by atoms with Gasteiger partial charge < -0.3 is 5.32 Å². The third kappa shape index (κ3) is 2.79. The molecule has 112 valence electrons. The summed E-state index contributed by atoms with van der Waals surface area (Å²) in [5, 5.41) is 12.8. The van der Waals surface area contributed by atoms with E-state index in [4.69, 9.17) is 0 Å². The summed E-state index contributed by atoms with van der Waals surface area (Å²) in [5.74, 6) is -0.677. The number of imide groups is 1. The number of carbonyl (C=O) groups excluding carboxylic acids is 3. The highest BCUT2D eigenvalue weighted by Gasteiger charge is 2.29. The van der Waals surface area contributed by atoms with Crippen LogP contribution in [0.2, 0.25) is 0 Å². The minimum atomic E-state index is -0.454. The van der Waals surface area contributed by atoms with Crippen LogP contribution in [0, 0.1) is 0 Å². The van der Waals surface area contributed by atoms with Gasteiger partial charge in [0.15, 0.2) is 0 Å². The molecule has 0 aliphatic carbocycles. The fraction of sp³-hybridized carbons (Fsp3) is 0.154. The highest BCUT2D eigenvalue weighted by atomic mass is 32.1. The molecule has 9 heteroatoms. The first kappa shape index (κ1) is 14.1. The normalized spacial score (nSPS) is 14.1. The van der Waals surface area contributed by atoms with E-state index in [1.807, 2.05) is 0 Å². The van der Waals surface area contributed by atoms with Crippen molar-refractivity contribution >= 4 is 34.3 Å². The van der Waals surface area contributed by atoms with Gasteiger partial charge in [-0.05, 0) is 11.6 Å². The Balaban J connectivity index is 1.82. The Bertz CT molecular complexity index is 715. The number of rotatable bonds is 4. The Morgan fingerprint density at radius 3 is 2.86 bits per heavy atom. The maximum atomic E-state index is 12.3. The summed E-state index contributed by atoms with van der Waals surface area (Å²) in [7, 11) is 0. The summed E-state index contributed by atoms with van der Waals surface area (Å²) < 4.78 is 0. The molecule has 8 nitrogen and oxygen atoms in total. The van der Waals surface area contributed by atoms with E-state index in [1.54, 1.807) is 24.3 Å². The maximum Gasteiger partial charge on any atom is 0.324 e. The number of hydrogen-bond donors (Lipinski definition) is 2. The van der Waals surface area contributed by atoms with Crippen molar-refractivity contribution in [3.8, 4) is 0 Å². The highest BCUT2D eigenvalue weighted by molar-refractivity contribution is 7.13. The van der Waals surface area contributed by atoms with Gasteiger partial charge in [0.25, 0.3) is 5.91 Å². The Labute approximate surface area is 129 Å². The van der Waals surface area contributed by atoms with Gasteiger partial charge >= 0.3 is 6.03 Å². The molecule has 1 saturated heterocycles. The van der Waals surface area contributed by atoms with Crippen LogP contribution in [0.25, 0.3) is 0 Å². The van der Waals surface area contributed by atoms with Crippen LogP contribution >= 0.6 is 11.3 Å². The van der Waals surface area contributed by atoms with Crippen molar-refractivity contribution in [2.24, 2.45) is 0 Å². The van der Waals surface area contributed by atoms with Crippen LogP contribution in [-0.2, 0) is 11.3 Å². The lowest BCUT2D eigenvalue weighted by Crippen LogP contribution is -2.31. The van der Waals surface area contributed by atoms with Gasteiger partial charge in [0.1, 0.15) is 5.51 Å². The number of urea groups is 1. The van der Waals surface area contributed by atoms with Gasteiger partial charge in [-0.1, -0.05) is 29.5 Å². The number of carbonyl (C=O) groups is 3. The van der Waals surface area contributed by atoms with Crippen LogP contribution < -0.4 is 10.6 Å². The van der Waals surface area contributed by atoms with E-state index >= 15 is 0 Å². The molecule has 2 heterocycles. The number of hydrogen-bond acceptors (Lipinski definition) is 6. The fourth-order valence-electron chi connectivity index (χ4n) is 2.06. The molecule has 3 rings (SSSR count). The molecule has 1 fully saturated rings. The number of aromatic nitrogens is 2. The van der Waals surface area contributed by atoms with E-state index in [1.165, 1.54) is 16.8 Å². The van der Waals surface area contributed by atoms with Crippen LogP contribution in [-0.4, -0.2) is 39.5 Å². The highest BCUT2D eigenvalue weighted by Crippen LogP contribution is 2.16. The third-order valence-electron chi connectivity index (χ3n) is 3.11. The summed E-state index contributed by atoms with van der Waals surface area (Å²) in [6.07, 6.45) is 0. The van der Waals surface area contributed by atoms with Crippen molar-refractivity contribution in [2.75, 3.05) is 11.9 Å². The largest absolute Gasteiger partial charge is 0.329 e. The predicted molar refractivity (Wildman–Crippen MR) is 78.3 cm³/mol. The molecule has 1 aliphatic heterocycles. The molecule has 0 saturated carbocycles. The lowest BCUT2D eigenvalue weighted by Gasteiger charge is -2.15. The van der Waals surface area contributed by atoms with Crippen LogP contribution in [0.3, 0.4) is 0 Å². The Kier molecular flexibility index (Phi) is 3.79. The molecule has 4 amide bonds. The van der Waals surface area contributed by atoms with E-state index in [0.717, 1.165) is 4.90 Å². The number of nitrogens with one attached hydrogen (secondary N) is 2. The fourth-order valence-corrected chi connectivity index (χ4v) is 2.50. The van der Waals surface area contributed by atoms with Gasteiger partial charge in [-0.25, -0.2) is 4.79 Å². The lowest BCUT2D eigenvalue weighted by molar-refractivity contribution is -0.125. The van der Waals surface area contributed by atoms with Gasteiger partial charge in [0, 0.05) is 5.56 Å². The van der Waals surface area contributed by atoms with Crippen LogP contribution in [0.15, 0.2) is 29.8 Å². The zero-order valence-corrected chi connectivity index (χ0v) is 12.1. The van der Waals surface area contributed by atoms with Crippen molar-refractivity contribution in [1.82, 2.24) is 20.4 Å². The van der Waals surface area contributed by atoms with Gasteiger partial charge in [0.05, 0.1) is 13.1 Å². The quantitative estimate of drug-likeness (QED) is 0.813. The summed E-state index contributed by atoms with van der Waals surface area (Å²) >= 11 is 1.20. The predicted octanol–water partition coefficient (Wildman–Crippen LogP) is 0.842. The van der Waals surface area contributed by atoms with Crippen molar-refractivity contribution in [3.63, 3.8) is 0 Å². The molecule has 1 aromatic carbocycles. The Hall–Kier alpha value is -2.81. The number of benzene rings is 1. The summed E-state index contributed by atoms with van der Waals surface area (Å²) in [5.41, 5.74) is 2.47. The van der Waals surface area contributed by atoms with E-state index < -0.39 is 6.03 Å². The van der Waals surface area contributed by atoms with Crippen molar-refractivity contribution in [1.29, 1.82) is 0 Å². The molecular formula is C13H11N5O3S. The van der Waals surface area contributed by atoms with Gasteiger partial charge in [0.2, 0.25) is 11.0 Å². The molecule has 0 spiro atoms. The van der Waals surface area contributed by atoms with Crippen LogP contribution in [0.1, 0.15) is 15.9 Å². The van der Waals surface area contributed by atoms with Crippen LogP contribution in [0.5, 0.6) is 0 Å². The number of anilines is 1. The molecule has 2 aromatic rings. The molecule has 0 radical (unpaired) electrons. The van der Waals surface area contributed by atoms with E-state index in [0.29, 0.717) is 16.3 Å². The van der Waals surface area contributed by atoms with Crippen molar-refractivity contribution < 1.29 is 14.4 Å². The molecule has 2 N–H and O–H groups in total. The maximum absolute atomic E-state index is 12.3. The van der Waals surface area contributed by atoms with Gasteiger partial charge in [-0.2, -0.15) is 0 Å². The van der Waals surface area contributed by atoms with Gasteiger partial charge in [-0.3, -0.25) is 19.8 Å². The second-order valence-corrected chi connectivity index (χ2v) is 5.33. The molecule has 1 aliphatic rings. The molecule has 1 aromatic heterocycles. The van der Waals surface area contributed by atoms with E-state index in [9.17, 15) is 14.4 Å². The molecule has 0 bridgehead atoms. The van der Waals surface area contributed by atoms with Crippen LogP contribution in [0.4, 0.5) is 9.93 Å². The Morgan fingerprint density at radius 2 is 2.18 bits per heavy atom. The molecule has 0 atom stereocenters.